The zero-order valence-corrected chi connectivity index (χ0v) is 10.7. The summed E-state index contributed by atoms with van der Waals surface area (Å²) >= 11 is 0. The predicted octanol–water partition coefficient (Wildman–Crippen LogP) is 1.36. The van der Waals surface area contributed by atoms with Gasteiger partial charge in [0.1, 0.15) is 11.8 Å². The lowest BCUT2D eigenvalue weighted by atomic mass is 10.2. The van der Waals surface area contributed by atoms with Crippen molar-refractivity contribution in [1.29, 1.82) is 0 Å². The van der Waals surface area contributed by atoms with Crippen molar-refractivity contribution in [3.63, 3.8) is 0 Å². The van der Waals surface area contributed by atoms with Crippen LogP contribution in [-0.2, 0) is 4.79 Å². The number of ether oxygens (including phenoxy) is 1. The van der Waals surface area contributed by atoms with Gasteiger partial charge in [-0.1, -0.05) is 0 Å². The van der Waals surface area contributed by atoms with E-state index in [1.165, 1.54) is 0 Å². The summed E-state index contributed by atoms with van der Waals surface area (Å²) in [7, 11) is 1.60. The molecule has 4 N–H and O–H groups in total. The third-order valence-electron chi connectivity index (χ3n) is 2.95. The summed E-state index contributed by atoms with van der Waals surface area (Å²) < 4.78 is 5.13. The number of hydrogen-bond acceptors (Lipinski definition) is 4. The molecule has 0 radical (unpaired) electrons. The predicted molar refractivity (Wildman–Crippen MR) is 71.7 cm³/mol. The van der Waals surface area contributed by atoms with Crippen molar-refractivity contribution in [2.75, 3.05) is 18.2 Å². The van der Waals surface area contributed by atoms with Crippen LogP contribution in [0.4, 0.5) is 11.4 Å². The van der Waals surface area contributed by atoms with Crippen molar-refractivity contribution in [3.8, 4) is 5.75 Å². The van der Waals surface area contributed by atoms with Gasteiger partial charge in [0.25, 0.3) is 0 Å². The second kappa shape index (κ2) is 5.16. The van der Waals surface area contributed by atoms with Crippen LogP contribution in [-0.4, -0.2) is 25.1 Å². The Morgan fingerprint density at radius 1 is 1.50 bits per heavy atom. The summed E-state index contributed by atoms with van der Waals surface area (Å²) in [5.74, 6) is 0.709. The zero-order chi connectivity index (χ0) is 13.1. The minimum Gasteiger partial charge on any atom is -0.497 e. The molecule has 5 nitrogen and oxygen atoms in total. The van der Waals surface area contributed by atoms with Crippen LogP contribution in [0.2, 0.25) is 0 Å². The van der Waals surface area contributed by atoms with E-state index in [1.54, 1.807) is 25.3 Å². The zero-order valence-electron chi connectivity index (χ0n) is 10.7. The minimum absolute atomic E-state index is 0.000259. The molecule has 1 amide bonds. The van der Waals surface area contributed by atoms with Crippen molar-refractivity contribution < 1.29 is 9.53 Å². The first-order chi connectivity index (χ1) is 8.60. The molecule has 5 heteroatoms. The monoisotopic (exact) mass is 249 g/mol. The first-order valence-electron chi connectivity index (χ1n) is 6.10. The third-order valence-corrected chi connectivity index (χ3v) is 2.95. The summed E-state index contributed by atoms with van der Waals surface area (Å²) in [6, 6.07) is 5.38. The number of amides is 1. The summed E-state index contributed by atoms with van der Waals surface area (Å²) in [6.07, 6.45) is 2.17. The van der Waals surface area contributed by atoms with E-state index in [0.717, 1.165) is 12.8 Å². The highest BCUT2D eigenvalue weighted by atomic mass is 16.5. The third kappa shape index (κ3) is 3.06. The molecule has 98 valence electrons. The number of nitrogen functional groups attached to an aromatic ring is 1. The number of methoxy groups -OCH3 is 1. The topological polar surface area (TPSA) is 76.4 Å². The number of carbonyl (C=O) groups excluding carboxylic acids is 1. The highest BCUT2D eigenvalue weighted by molar-refractivity contribution is 5.86. The Bertz CT molecular complexity index is 444. The second-order valence-electron chi connectivity index (χ2n) is 4.60. The molecule has 1 aliphatic carbocycles. The standard InChI is InChI=1S/C13H19N3O2/c1-8(13(17)16-9-3-4-9)15-12-7-10(18-2)5-6-11(12)14/h5-9,15H,3-4,14H2,1-2H3,(H,16,17). The van der Waals surface area contributed by atoms with Crippen LogP contribution in [0.1, 0.15) is 19.8 Å². The average Bonchev–Trinajstić information content (AvgIpc) is 3.15. The van der Waals surface area contributed by atoms with E-state index in [1.807, 2.05) is 6.92 Å². The van der Waals surface area contributed by atoms with E-state index in [4.69, 9.17) is 10.5 Å². The van der Waals surface area contributed by atoms with Crippen LogP contribution in [0.5, 0.6) is 5.75 Å². The largest absolute Gasteiger partial charge is 0.497 e. The molecule has 0 bridgehead atoms. The van der Waals surface area contributed by atoms with Crippen LogP contribution < -0.4 is 21.1 Å². The maximum absolute atomic E-state index is 11.8. The highest BCUT2D eigenvalue weighted by Crippen LogP contribution is 2.25. The molecule has 0 saturated heterocycles. The van der Waals surface area contributed by atoms with Gasteiger partial charge in [-0.15, -0.1) is 0 Å². The molecule has 1 unspecified atom stereocenters. The minimum atomic E-state index is -0.319. The van der Waals surface area contributed by atoms with Gasteiger partial charge in [-0.05, 0) is 31.9 Å². The number of hydrogen-bond donors (Lipinski definition) is 3. The fourth-order valence-electron chi connectivity index (χ4n) is 1.64. The molecule has 1 aromatic carbocycles. The molecule has 0 heterocycles. The van der Waals surface area contributed by atoms with Crippen LogP contribution in [0.15, 0.2) is 18.2 Å². The Morgan fingerprint density at radius 3 is 2.83 bits per heavy atom. The lowest BCUT2D eigenvalue weighted by molar-refractivity contribution is -0.121. The number of nitrogens with one attached hydrogen (secondary N) is 2. The molecule has 18 heavy (non-hydrogen) atoms. The van der Waals surface area contributed by atoms with Gasteiger partial charge in [0, 0.05) is 12.1 Å². The molecule has 0 aliphatic heterocycles. The highest BCUT2D eigenvalue weighted by Gasteiger charge is 2.25. The van der Waals surface area contributed by atoms with Crippen molar-refractivity contribution in [2.45, 2.75) is 31.8 Å². The van der Waals surface area contributed by atoms with Gasteiger partial charge in [0.15, 0.2) is 0 Å². The Hall–Kier alpha value is -1.91. The van der Waals surface area contributed by atoms with E-state index in [2.05, 4.69) is 10.6 Å². The van der Waals surface area contributed by atoms with E-state index in [-0.39, 0.29) is 11.9 Å². The van der Waals surface area contributed by atoms with Crippen LogP contribution in [0, 0.1) is 0 Å². The lowest BCUT2D eigenvalue weighted by Crippen LogP contribution is -2.38. The van der Waals surface area contributed by atoms with Crippen LogP contribution >= 0.6 is 0 Å². The molecular weight excluding hydrogens is 230 g/mol. The Morgan fingerprint density at radius 2 is 2.22 bits per heavy atom. The van der Waals surface area contributed by atoms with Gasteiger partial charge in [0.2, 0.25) is 5.91 Å². The van der Waals surface area contributed by atoms with E-state index < -0.39 is 0 Å². The van der Waals surface area contributed by atoms with E-state index in [0.29, 0.717) is 23.2 Å². The quantitative estimate of drug-likeness (QED) is 0.689. The van der Waals surface area contributed by atoms with Gasteiger partial charge in [0.05, 0.1) is 18.5 Å². The van der Waals surface area contributed by atoms with Gasteiger partial charge in [-0.25, -0.2) is 0 Å². The fraction of sp³-hybridized carbons (Fsp3) is 0.462. The number of carbonyl (C=O) groups is 1. The summed E-state index contributed by atoms with van der Waals surface area (Å²) in [4.78, 5) is 11.8. The van der Waals surface area contributed by atoms with Crippen molar-refractivity contribution in [2.24, 2.45) is 0 Å². The maximum Gasteiger partial charge on any atom is 0.242 e. The van der Waals surface area contributed by atoms with Crippen molar-refractivity contribution in [1.82, 2.24) is 5.32 Å². The molecule has 1 aromatic rings. The Kier molecular flexibility index (Phi) is 3.60. The van der Waals surface area contributed by atoms with Crippen molar-refractivity contribution >= 4 is 17.3 Å². The molecule has 2 rings (SSSR count). The first-order valence-corrected chi connectivity index (χ1v) is 6.10. The number of anilines is 2. The smallest absolute Gasteiger partial charge is 0.242 e. The molecule has 1 saturated carbocycles. The van der Waals surface area contributed by atoms with Gasteiger partial charge < -0.3 is 21.1 Å². The average molecular weight is 249 g/mol. The number of rotatable bonds is 5. The molecule has 1 aliphatic rings. The molecule has 1 atom stereocenters. The molecule has 0 aromatic heterocycles. The second-order valence-corrected chi connectivity index (χ2v) is 4.60. The SMILES string of the molecule is COc1ccc(N)c(NC(C)C(=O)NC2CC2)c1. The summed E-state index contributed by atoms with van der Waals surface area (Å²) in [5, 5.41) is 6.05. The lowest BCUT2D eigenvalue weighted by Gasteiger charge is -2.17. The fourth-order valence-corrected chi connectivity index (χ4v) is 1.64. The number of benzene rings is 1. The van der Waals surface area contributed by atoms with E-state index >= 15 is 0 Å². The van der Waals surface area contributed by atoms with Gasteiger partial charge in [-0.3, -0.25) is 4.79 Å². The maximum atomic E-state index is 11.8. The summed E-state index contributed by atoms with van der Waals surface area (Å²) in [6.45, 7) is 1.82. The Labute approximate surface area is 107 Å². The van der Waals surface area contributed by atoms with Gasteiger partial charge >= 0.3 is 0 Å². The van der Waals surface area contributed by atoms with Crippen molar-refractivity contribution in [3.05, 3.63) is 18.2 Å². The molecule has 1 fully saturated rings. The van der Waals surface area contributed by atoms with E-state index in [9.17, 15) is 4.79 Å². The van der Waals surface area contributed by atoms with Crippen LogP contribution in [0.25, 0.3) is 0 Å². The molecular formula is C13H19N3O2. The first kappa shape index (κ1) is 12.5. The summed E-state index contributed by atoms with van der Waals surface area (Å²) in [5.41, 5.74) is 7.17. The number of nitrogens with two attached hydrogens (primary N) is 1. The Balaban J connectivity index is 2.00. The van der Waals surface area contributed by atoms with Crippen LogP contribution in [0.3, 0.4) is 0 Å². The normalized spacial score (nSPS) is 15.9. The molecule has 0 spiro atoms. The van der Waals surface area contributed by atoms with Gasteiger partial charge in [-0.2, -0.15) is 0 Å².